The monoisotopic (exact) mass is 355 g/mol. The number of amides is 1. The van der Waals surface area contributed by atoms with Crippen LogP contribution in [0.1, 0.15) is 12.0 Å². The Morgan fingerprint density at radius 1 is 0.926 bits per heavy atom. The van der Waals surface area contributed by atoms with E-state index in [0.717, 1.165) is 34.5 Å². The van der Waals surface area contributed by atoms with Gasteiger partial charge in [0.25, 0.3) is 0 Å². The average molecular weight is 355 g/mol. The summed E-state index contributed by atoms with van der Waals surface area (Å²) < 4.78 is 2.09. The highest BCUT2D eigenvalue weighted by molar-refractivity contribution is 5.91. The van der Waals surface area contributed by atoms with E-state index in [9.17, 15) is 4.79 Å². The van der Waals surface area contributed by atoms with Gasteiger partial charge in [-0.1, -0.05) is 42.5 Å². The summed E-state index contributed by atoms with van der Waals surface area (Å²) in [6.07, 6.45) is 1.21. The van der Waals surface area contributed by atoms with E-state index in [1.807, 2.05) is 79.8 Å². The number of carbonyl (C=O) groups excluding carboxylic acids is 1. The van der Waals surface area contributed by atoms with Gasteiger partial charge in [0.15, 0.2) is 0 Å². The highest BCUT2D eigenvalue weighted by Gasteiger charge is 2.10. The predicted octanol–water partition coefficient (Wildman–Crippen LogP) is 4.81. The molecule has 4 heteroatoms. The minimum absolute atomic E-state index is 0.0225. The van der Waals surface area contributed by atoms with Crippen molar-refractivity contribution in [2.24, 2.45) is 7.05 Å². The number of rotatable bonds is 5. The van der Waals surface area contributed by atoms with Crippen molar-refractivity contribution in [3.05, 3.63) is 84.4 Å². The minimum atomic E-state index is 0.0225. The fourth-order valence-electron chi connectivity index (χ4n) is 3.23. The van der Waals surface area contributed by atoms with Gasteiger partial charge in [-0.2, -0.15) is 0 Å². The Labute approximate surface area is 158 Å². The molecule has 0 spiro atoms. The van der Waals surface area contributed by atoms with Crippen LogP contribution < -0.4 is 5.32 Å². The number of benzene rings is 3. The number of carbonyl (C=O) groups is 1. The molecule has 0 aliphatic carbocycles. The average Bonchev–Trinajstić information content (AvgIpc) is 3.05. The van der Waals surface area contributed by atoms with Crippen molar-refractivity contribution in [2.45, 2.75) is 12.8 Å². The molecule has 1 N–H and O–H groups in total. The molecule has 0 atom stereocenters. The van der Waals surface area contributed by atoms with Gasteiger partial charge in [-0.3, -0.25) is 4.79 Å². The summed E-state index contributed by atoms with van der Waals surface area (Å²) >= 11 is 0. The van der Waals surface area contributed by atoms with Gasteiger partial charge in [0, 0.05) is 24.7 Å². The molecule has 0 saturated carbocycles. The first-order valence-corrected chi connectivity index (χ1v) is 9.06. The zero-order valence-electron chi connectivity index (χ0n) is 15.2. The van der Waals surface area contributed by atoms with Crippen LogP contribution in [0.3, 0.4) is 0 Å². The van der Waals surface area contributed by atoms with Gasteiger partial charge < -0.3 is 9.88 Å². The van der Waals surface area contributed by atoms with E-state index < -0.39 is 0 Å². The summed E-state index contributed by atoms with van der Waals surface area (Å²) in [7, 11) is 2.02. The fraction of sp³-hybridized carbons (Fsp3) is 0.130. The van der Waals surface area contributed by atoms with E-state index in [1.165, 1.54) is 5.56 Å². The summed E-state index contributed by atoms with van der Waals surface area (Å²) in [5.41, 5.74) is 5.08. The third-order valence-electron chi connectivity index (χ3n) is 4.70. The smallest absolute Gasteiger partial charge is 0.224 e. The summed E-state index contributed by atoms with van der Waals surface area (Å²) in [5.74, 6) is 0.937. The number of imidazole rings is 1. The Kier molecular flexibility index (Phi) is 4.71. The van der Waals surface area contributed by atoms with E-state index in [-0.39, 0.29) is 5.91 Å². The first kappa shape index (κ1) is 17.0. The maximum Gasteiger partial charge on any atom is 0.224 e. The second kappa shape index (κ2) is 7.46. The molecule has 3 aromatic carbocycles. The molecule has 1 aromatic heterocycles. The second-order valence-corrected chi connectivity index (χ2v) is 6.59. The molecule has 4 aromatic rings. The number of fused-ring (bicyclic) bond motifs is 1. The van der Waals surface area contributed by atoms with Crippen LogP contribution in [0.4, 0.5) is 5.69 Å². The van der Waals surface area contributed by atoms with E-state index in [0.29, 0.717) is 6.42 Å². The number of anilines is 1. The molecule has 0 unspecified atom stereocenters. The van der Waals surface area contributed by atoms with Gasteiger partial charge >= 0.3 is 0 Å². The maximum atomic E-state index is 12.2. The molecule has 0 fully saturated rings. The van der Waals surface area contributed by atoms with Crippen molar-refractivity contribution >= 4 is 22.6 Å². The molecule has 134 valence electrons. The van der Waals surface area contributed by atoms with Gasteiger partial charge in [-0.25, -0.2) is 4.98 Å². The third kappa shape index (κ3) is 3.75. The Morgan fingerprint density at radius 3 is 2.37 bits per heavy atom. The van der Waals surface area contributed by atoms with E-state index in [2.05, 4.69) is 16.0 Å². The summed E-state index contributed by atoms with van der Waals surface area (Å²) in [6, 6.07) is 26.0. The highest BCUT2D eigenvalue weighted by Crippen LogP contribution is 2.24. The van der Waals surface area contributed by atoms with Gasteiger partial charge in [0.05, 0.1) is 11.0 Å². The first-order valence-electron chi connectivity index (χ1n) is 9.06. The second-order valence-electron chi connectivity index (χ2n) is 6.59. The molecule has 27 heavy (non-hydrogen) atoms. The molecule has 0 aliphatic rings. The molecule has 0 radical (unpaired) electrons. The van der Waals surface area contributed by atoms with Crippen LogP contribution in [-0.2, 0) is 18.3 Å². The van der Waals surface area contributed by atoms with Crippen molar-refractivity contribution < 1.29 is 4.79 Å². The minimum Gasteiger partial charge on any atom is -0.327 e. The maximum absolute atomic E-state index is 12.2. The SMILES string of the molecule is Cn1c(-c2ccc(NC(=O)CCc3ccccc3)cc2)nc2ccccc21. The fourth-order valence-corrected chi connectivity index (χ4v) is 3.23. The molecule has 4 rings (SSSR count). The number of nitrogens with zero attached hydrogens (tertiary/aromatic N) is 2. The molecular weight excluding hydrogens is 334 g/mol. The van der Waals surface area contributed by atoms with Crippen LogP contribution in [0.5, 0.6) is 0 Å². The zero-order chi connectivity index (χ0) is 18.6. The van der Waals surface area contributed by atoms with Crippen molar-refractivity contribution in [2.75, 3.05) is 5.32 Å². The Morgan fingerprint density at radius 2 is 1.63 bits per heavy atom. The first-order chi connectivity index (χ1) is 13.2. The Balaban J connectivity index is 1.44. The summed E-state index contributed by atoms with van der Waals surface area (Å²) in [4.78, 5) is 16.9. The molecule has 0 aliphatic heterocycles. The zero-order valence-corrected chi connectivity index (χ0v) is 15.2. The van der Waals surface area contributed by atoms with E-state index >= 15 is 0 Å². The summed E-state index contributed by atoms with van der Waals surface area (Å²) in [5, 5.41) is 2.97. The molecule has 1 amide bonds. The summed E-state index contributed by atoms with van der Waals surface area (Å²) in [6.45, 7) is 0. The van der Waals surface area contributed by atoms with Crippen LogP contribution >= 0.6 is 0 Å². The Bertz CT molecular complexity index is 1070. The van der Waals surface area contributed by atoms with Crippen LogP contribution in [0.2, 0.25) is 0 Å². The van der Waals surface area contributed by atoms with Crippen molar-refractivity contribution in [1.29, 1.82) is 0 Å². The number of aromatic nitrogens is 2. The lowest BCUT2D eigenvalue weighted by atomic mass is 10.1. The lowest BCUT2D eigenvalue weighted by molar-refractivity contribution is -0.116. The number of aryl methyl sites for hydroxylation is 2. The van der Waals surface area contributed by atoms with Gasteiger partial charge in [-0.05, 0) is 48.4 Å². The molecule has 4 nitrogen and oxygen atoms in total. The molecule has 0 bridgehead atoms. The normalized spacial score (nSPS) is 10.9. The van der Waals surface area contributed by atoms with Crippen molar-refractivity contribution in [3.63, 3.8) is 0 Å². The van der Waals surface area contributed by atoms with Gasteiger partial charge in [-0.15, -0.1) is 0 Å². The molecular formula is C23H21N3O. The van der Waals surface area contributed by atoms with Crippen molar-refractivity contribution in [1.82, 2.24) is 9.55 Å². The quantitative estimate of drug-likeness (QED) is 0.558. The van der Waals surface area contributed by atoms with Crippen LogP contribution in [-0.4, -0.2) is 15.5 Å². The van der Waals surface area contributed by atoms with E-state index in [1.54, 1.807) is 0 Å². The van der Waals surface area contributed by atoms with Crippen molar-refractivity contribution in [3.8, 4) is 11.4 Å². The van der Waals surface area contributed by atoms with Gasteiger partial charge in [0.1, 0.15) is 5.82 Å². The highest BCUT2D eigenvalue weighted by atomic mass is 16.1. The molecule has 0 saturated heterocycles. The number of para-hydroxylation sites is 2. The Hall–Kier alpha value is -3.40. The lowest BCUT2D eigenvalue weighted by Crippen LogP contribution is -2.12. The predicted molar refractivity (Wildman–Crippen MR) is 110 cm³/mol. The van der Waals surface area contributed by atoms with E-state index in [4.69, 9.17) is 4.98 Å². The third-order valence-corrected chi connectivity index (χ3v) is 4.70. The lowest BCUT2D eigenvalue weighted by Gasteiger charge is -2.07. The standard InChI is InChI=1S/C23H21N3O/c1-26-21-10-6-5-9-20(21)25-23(26)18-12-14-19(15-13-18)24-22(27)16-11-17-7-3-2-4-8-17/h2-10,12-15H,11,16H2,1H3,(H,24,27). The van der Waals surface area contributed by atoms with Crippen LogP contribution in [0.25, 0.3) is 22.4 Å². The van der Waals surface area contributed by atoms with Crippen LogP contribution in [0, 0.1) is 0 Å². The topological polar surface area (TPSA) is 46.9 Å². The van der Waals surface area contributed by atoms with Crippen LogP contribution in [0.15, 0.2) is 78.9 Å². The number of hydrogen-bond donors (Lipinski definition) is 1. The number of hydrogen-bond acceptors (Lipinski definition) is 2. The largest absolute Gasteiger partial charge is 0.327 e. The number of nitrogens with one attached hydrogen (secondary N) is 1. The van der Waals surface area contributed by atoms with Gasteiger partial charge in [0.2, 0.25) is 5.91 Å². The molecule has 1 heterocycles.